The molecule has 0 fully saturated rings. The molecule has 0 heterocycles. The highest BCUT2D eigenvalue weighted by molar-refractivity contribution is 5.95. The molecular weight excluding hydrogens is 322 g/mol. The van der Waals surface area contributed by atoms with Gasteiger partial charge in [-0.1, -0.05) is 13.8 Å². The number of rotatable bonds is 10. The van der Waals surface area contributed by atoms with Gasteiger partial charge in [0, 0.05) is 0 Å². The van der Waals surface area contributed by atoms with Crippen LogP contribution in [0.1, 0.15) is 26.7 Å². The summed E-state index contributed by atoms with van der Waals surface area (Å²) in [6, 6.07) is -3.95. The lowest BCUT2D eigenvalue weighted by molar-refractivity contribution is -0.143. The molecule has 0 aromatic rings. The highest BCUT2D eigenvalue weighted by Gasteiger charge is 2.30. The number of hydrogen-bond acceptors (Lipinski definition) is 6. The number of hydrogen-bond donors (Lipinski definition) is 6. The molecule has 0 aromatic carbocycles. The summed E-state index contributed by atoms with van der Waals surface area (Å²) in [5.41, 5.74) is 15.4. The van der Waals surface area contributed by atoms with Gasteiger partial charge in [-0.3, -0.25) is 19.2 Å². The van der Waals surface area contributed by atoms with Crippen LogP contribution < -0.4 is 27.8 Å². The Labute approximate surface area is 138 Å². The van der Waals surface area contributed by atoms with Crippen LogP contribution in [0.3, 0.4) is 0 Å². The number of carbonyl (C=O) groups excluding carboxylic acids is 4. The molecule has 0 saturated carbocycles. The predicted molar refractivity (Wildman–Crippen MR) is 81.9 cm³/mol. The molecule has 3 unspecified atom stereocenters. The Morgan fingerprint density at radius 2 is 1.42 bits per heavy atom. The average molecular weight is 345 g/mol. The second-order valence-corrected chi connectivity index (χ2v) is 5.58. The fraction of sp³-hybridized carbons (Fsp3) is 0.615. The Morgan fingerprint density at radius 1 is 0.917 bits per heavy atom. The van der Waals surface area contributed by atoms with Gasteiger partial charge in [0.15, 0.2) is 0 Å². The molecule has 0 rings (SSSR count). The fourth-order valence-electron chi connectivity index (χ4n) is 1.77. The van der Waals surface area contributed by atoms with Gasteiger partial charge in [-0.05, 0) is 5.92 Å². The van der Waals surface area contributed by atoms with E-state index in [4.69, 9.17) is 22.3 Å². The van der Waals surface area contributed by atoms with Gasteiger partial charge >= 0.3 is 5.97 Å². The van der Waals surface area contributed by atoms with Crippen molar-refractivity contribution in [1.29, 1.82) is 0 Å². The number of primary amides is 2. The van der Waals surface area contributed by atoms with E-state index in [1.54, 1.807) is 13.8 Å². The number of carboxylic acids is 1. The van der Waals surface area contributed by atoms with Gasteiger partial charge in [0.2, 0.25) is 23.6 Å². The number of carbonyl (C=O) groups is 5. The first kappa shape index (κ1) is 21.3. The third kappa shape index (κ3) is 7.54. The molecule has 0 bridgehead atoms. The van der Waals surface area contributed by atoms with Gasteiger partial charge in [0.25, 0.3) is 0 Å². The van der Waals surface area contributed by atoms with Crippen LogP contribution in [0, 0.1) is 5.92 Å². The van der Waals surface area contributed by atoms with Crippen molar-refractivity contribution >= 4 is 29.6 Å². The molecule has 0 aliphatic heterocycles. The molecule has 11 nitrogen and oxygen atoms in total. The van der Waals surface area contributed by atoms with Crippen LogP contribution in [0.15, 0.2) is 0 Å². The molecule has 4 amide bonds. The maximum absolute atomic E-state index is 12.1. The van der Waals surface area contributed by atoms with E-state index in [2.05, 4.69) is 10.6 Å². The Morgan fingerprint density at radius 3 is 1.79 bits per heavy atom. The van der Waals surface area contributed by atoms with Crippen molar-refractivity contribution < 1.29 is 29.1 Å². The number of nitrogens with one attached hydrogen (secondary N) is 2. The molecule has 0 saturated heterocycles. The maximum Gasteiger partial charge on any atom is 0.326 e. The largest absolute Gasteiger partial charge is 0.480 e. The smallest absolute Gasteiger partial charge is 0.326 e. The van der Waals surface area contributed by atoms with Crippen LogP contribution in [0.25, 0.3) is 0 Å². The van der Waals surface area contributed by atoms with Gasteiger partial charge in [0.1, 0.15) is 12.1 Å². The minimum absolute atomic E-state index is 0.437. The number of carboxylic acid groups (broad SMARTS) is 1. The normalized spacial score (nSPS) is 14.3. The van der Waals surface area contributed by atoms with Crippen molar-refractivity contribution in [2.75, 3.05) is 0 Å². The number of nitrogens with two attached hydrogens (primary N) is 3. The quantitative estimate of drug-likeness (QED) is 0.238. The summed E-state index contributed by atoms with van der Waals surface area (Å²) in [5, 5.41) is 13.4. The van der Waals surface area contributed by atoms with Crippen LogP contribution in [0.2, 0.25) is 0 Å². The highest BCUT2D eigenvalue weighted by Crippen LogP contribution is 2.04. The van der Waals surface area contributed by atoms with E-state index in [1.165, 1.54) is 0 Å². The summed E-state index contributed by atoms with van der Waals surface area (Å²) >= 11 is 0. The molecule has 11 heteroatoms. The minimum atomic E-state index is -1.42. The van der Waals surface area contributed by atoms with Crippen molar-refractivity contribution in [1.82, 2.24) is 10.6 Å². The maximum atomic E-state index is 12.1. The zero-order valence-corrected chi connectivity index (χ0v) is 13.4. The van der Waals surface area contributed by atoms with E-state index in [9.17, 15) is 24.0 Å². The standard InChI is InChI=1S/C13H23N5O6/c1-5(2)10(13(23)24)18-12(22)7(4-9(16)20)17-11(21)6(14)3-8(15)19/h5-7,10H,3-4,14H2,1-2H3,(H2,15,19)(H2,16,20)(H,17,21)(H,18,22)(H,23,24). The van der Waals surface area contributed by atoms with Crippen LogP contribution in [0.4, 0.5) is 0 Å². The highest BCUT2D eigenvalue weighted by atomic mass is 16.4. The van der Waals surface area contributed by atoms with Gasteiger partial charge < -0.3 is 32.9 Å². The topological polar surface area (TPSA) is 208 Å². The second kappa shape index (κ2) is 9.45. The van der Waals surface area contributed by atoms with Crippen LogP contribution in [-0.4, -0.2) is 52.8 Å². The van der Waals surface area contributed by atoms with Crippen molar-refractivity contribution in [3.05, 3.63) is 0 Å². The van der Waals surface area contributed by atoms with Crippen LogP contribution in [0.5, 0.6) is 0 Å². The van der Waals surface area contributed by atoms with Gasteiger partial charge in [0.05, 0.1) is 18.9 Å². The van der Waals surface area contributed by atoms with Crippen molar-refractivity contribution in [2.45, 2.75) is 44.8 Å². The molecular formula is C13H23N5O6. The van der Waals surface area contributed by atoms with E-state index >= 15 is 0 Å². The first-order chi connectivity index (χ1) is 11.0. The third-order valence-electron chi connectivity index (χ3n) is 3.03. The summed E-state index contributed by atoms with van der Waals surface area (Å²) < 4.78 is 0. The summed E-state index contributed by atoms with van der Waals surface area (Å²) in [7, 11) is 0. The van der Waals surface area contributed by atoms with Crippen molar-refractivity contribution in [3.63, 3.8) is 0 Å². The molecule has 3 atom stereocenters. The van der Waals surface area contributed by atoms with Crippen LogP contribution >= 0.6 is 0 Å². The van der Waals surface area contributed by atoms with Crippen molar-refractivity contribution in [2.24, 2.45) is 23.1 Å². The average Bonchev–Trinajstić information content (AvgIpc) is 2.41. The summed E-state index contributed by atoms with van der Waals surface area (Å²) in [6.07, 6.45) is -1.02. The summed E-state index contributed by atoms with van der Waals surface area (Å²) in [6.45, 7) is 3.15. The van der Waals surface area contributed by atoms with E-state index < -0.39 is 66.5 Å². The Bertz CT molecular complexity index is 521. The first-order valence-electron chi connectivity index (χ1n) is 7.11. The van der Waals surface area contributed by atoms with Crippen molar-refractivity contribution in [3.8, 4) is 0 Å². The number of aliphatic carboxylic acids is 1. The SMILES string of the molecule is CC(C)C(NC(=O)C(CC(N)=O)NC(=O)C(N)CC(N)=O)C(=O)O. The van der Waals surface area contributed by atoms with E-state index in [0.29, 0.717) is 0 Å². The van der Waals surface area contributed by atoms with Gasteiger partial charge in [-0.15, -0.1) is 0 Å². The number of amides is 4. The van der Waals surface area contributed by atoms with Gasteiger partial charge in [-0.2, -0.15) is 0 Å². The second-order valence-electron chi connectivity index (χ2n) is 5.58. The zero-order valence-electron chi connectivity index (χ0n) is 13.4. The van der Waals surface area contributed by atoms with E-state index in [0.717, 1.165) is 0 Å². The molecule has 24 heavy (non-hydrogen) atoms. The minimum Gasteiger partial charge on any atom is -0.480 e. The molecule has 9 N–H and O–H groups in total. The molecule has 0 aliphatic rings. The Hall–Kier alpha value is -2.69. The third-order valence-corrected chi connectivity index (χ3v) is 3.03. The zero-order chi connectivity index (χ0) is 19.0. The van der Waals surface area contributed by atoms with Gasteiger partial charge in [-0.25, -0.2) is 4.79 Å². The molecule has 136 valence electrons. The monoisotopic (exact) mass is 345 g/mol. The lowest BCUT2D eigenvalue weighted by atomic mass is 10.0. The summed E-state index contributed by atoms with van der Waals surface area (Å²) in [5.74, 6) is -5.22. The summed E-state index contributed by atoms with van der Waals surface area (Å²) in [4.78, 5) is 56.9. The lowest BCUT2D eigenvalue weighted by Gasteiger charge is -2.23. The molecule has 0 aliphatic carbocycles. The van der Waals surface area contributed by atoms with Crippen LogP contribution in [-0.2, 0) is 24.0 Å². The molecule has 0 radical (unpaired) electrons. The van der Waals surface area contributed by atoms with E-state index in [-0.39, 0.29) is 0 Å². The predicted octanol–water partition coefficient (Wildman–Crippen LogP) is -3.23. The Balaban J connectivity index is 5.08. The Kier molecular flexibility index (Phi) is 8.39. The molecule has 0 aromatic heterocycles. The van der Waals surface area contributed by atoms with E-state index in [1.807, 2.05) is 0 Å². The molecule has 0 spiro atoms. The fourth-order valence-corrected chi connectivity index (χ4v) is 1.77. The first-order valence-corrected chi connectivity index (χ1v) is 7.11. The lowest BCUT2D eigenvalue weighted by Crippen LogP contribution is -2.56.